The molecule has 0 bridgehead atoms. The predicted molar refractivity (Wildman–Crippen MR) is 116 cm³/mol. The van der Waals surface area contributed by atoms with Crippen LogP contribution in [0.4, 0.5) is 11.5 Å². The molecular formula is C22H30N6O. The zero-order valence-corrected chi connectivity index (χ0v) is 17.4. The van der Waals surface area contributed by atoms with Crippen LogP contribution in [0.1, 0.15) is 23.0 Å². The van der Waals surface area contributed by atoms with Gasteiger partial charge in [-0.05, 0) is 43.3 Å². The van der Waals surface area contributed by atoms with Crippen LogP contribution in [0.3, 0.4) is 0 Å². The summed E-state index contributed by atoms with van der Waals surface area (Å²) >= 11 is 0. The molecule has 1 amide bonds. The van der Waals surface area contributed by atoms with E-state index in [0.717, 1.165) is 64.7 Å². The van der Waals surface area contributed by atoms with E-state index in [4.69, 9.17) is 0 Å². The van der Waals surface area contributed by atoms with Gasteiger partial charge in [0.05, 0.1) is 0 Å². The van der Waals surface area contributed by atoms with Gasteiger partial charge in [-0.3, -0.25) is 4.79 Å². The Morgan fingerprint density at radius 2 is 1.62 bits per heavy atom. The van der Waals surface area contributed by atoms with Crippen molar-refractivity contribution < 1.29 is 4.79 Å². The molecule has 1 aromatic heterocycles. The van der Waals surface area contributed by atoms with Crippen LogP contribution < -0.4 is 9.80 Å². The maximum Gasteiger partial charge on any atom is 0.274 e. The third-order valence-electron chi connectivity index (χ3n) is 5.95. The minimum atomic E-state index is -0.0101. The Kier molecular flexibility index (Phi) is 5.94. The fourth-order valence-electron chi connectivity index (χ4n) is 4.06. The summed E-state index contributed by atoms with van der Waals surface area (Å²) in [5, 5.41) is 8.61. The molecule has 0 saturated carbocycles. The largest absolute Gasteiger partial charge is 0.368 e. The molecule has 2 aliphatic heterocycles. The number of likely N-dealkylation sites (N-methyl/N-ethyl adjacent to an activating group) is 1. The van der Waals surface area contributed by atoms with Crippen molar-refractivity contribution in [3.8, 4) is 0 Å². The van der Waals surface area contributed by atoms with Gasteiger partial charge in [0, 0.05) is 58.0 Å². The van der Waals surface area contributed by atoms with E-state index in [9.17, 15) is 4.79 Å². The summed E-state index contributed by atoms with van der Waals surface area (Å²) in [6, 6.07) is 12.4. The maximum absolute atomic E-state index is 12.7. The van der Waals surface area contributed by atoms with Crippen LogP contribution in [0, 0.1) is 6.92 Å². The lowest BCUT2D eigenvalue weighted by molar-refractivity contribution is 0.0636. The summed E-state index contributed by atoms with van der Waals surface area (Å²) in [6.45, 7) is 12.4. The minimum Gasteiger partial charge on any atom is -0.368 e. The van der Waals surface area contributed by atoms with E-state index in [1.54, 1.807) is 0 Å². The number of carbonyl (C=O) groups excluding carboxylic acids is 1. The van der Waals surface area contributed by atoms with Gasteiger partial charge in [-0.2, -0.15) is 0 Å². The highest BCUT2D eigenvalue weighted by Gasteiger charge is 2.23. The van der Waals surface area contributed by atoms with Gasteiger partial charge in [0.2, 0.25) is 0 Å². The lowest BCUT2D eigenvalue weighted by Crippen LogP contribution is -2.48. The Morgan fingerprint density at radius 1 is 0.897 bits per heavy atom. The summed E-state index contributed by atoms with van der Waals surface area (Å²) in [7, 11) is 0. The zero-order valence-electron chi connectivity index (χ0n) is 17.4. The zero-order chi connectivity index (χ0) is 20.2. The normalized spacial score (nSPS) is 18.2. The van der Waals surface area contributed by atoms with Crippen LogP contribution in [0.15, 0.2) is 36.4 Å². The third-order valence-corrected chi connectivity index (χ3v) is 5.95. The molecule has 2 saturated heterocycles. The molecule has 1 aromatic carbocycles. The van der Waals surface area contributed by atoms with E-state index in [1.165, 1.54) is 11.3 Å². The van der Waals surface area contributed by atoms with Crippen LogP contribution in [0.5, 0.6) is 0 Å². The first-order chi connectivity index (χ1) is 14.1. The predicted octanol–water partition coefficient (Wildman–Crippen LogP) is 1.89. The lowest BCUT2D eigenvalue weighted by atomic mass is 10.2. The SMILES string of the molecule is CCN1CCN(C(=O)c2ccc(N3CCN(c4cccc(C)c4)CC3)nn2)CC1. The van der Waals surface area contributed by atoms with Crippen molar-refractivity contribution in [2.45, 2.75) is 13.8 Å². The van der Waals surface area contributed by atoms with Gasteiger partial charge in [-0.15, -0.1) is 10.2 Å². The fraction of sp³-hybridized carbons (Fsp3) is 0.500. The highest BCUT2D eigenvalue weighted by Crippen LogP contribution is 2.20. The van der Waals surface area contributed by atoms with Crippen LogP contribution in [-0.4, -0.2) is 84.8 Å². The molecule has 0 N–H and O–H groups in total. The number of anilines is 2. The number of benzene rings is 1. The number of aryl methyl sites for hydroxylation is 1. The summed E-state index contributed by atoms with van der Waals surface area (Å²) in [4.78, 5) is 21.6. The average Bonchev–Trinajstić information content (AvgIpc) is 2.79. The van der Waals surface area contributed by atoms with Gasteiger partial charge in [0.1, 0.15) is 0 Å². The Bertz CT molecular complexity index is 823. The van der Waals surface area contributed by atoms with E-state index in [-0.39, 0.29) is 5.91 Å². The third kappa shape index (κ3) is 4.50. The molecule has 0 radical (unpaired) electrons. The van der Waals surface area contributed by atoms with Crippen LogP contribution in [-0.2, 0) is 0 Å². The van der Waals surface area contributed by atoms with Gasteiger partial charge >= 0.3 is 0 Å². The standard InChI is InChI=1S/C22H30N6O/c1-3-25-9-11-28(12-10-25)22(29)20-7-8-21(24-23-20)27-15-13-26(14-16-27)19-6-4-5-18(2)17-19/h4-8,17H,3,9-16H2,1-2H3. The summed E-state index contributed by atoms with van der Waals surface area (Å²) in [5.41, 5.74) is 3.00. The molecule has 0 aliphatic carbocycles. The first-order valence-corrected chi connectivity index (χ1v) is 10.6. The van der Waals surface area contributed by atoms with E-state index < -0.39 is 0 Å². The smallest absolute Gasteiger partial charge is 0.274 e. The molecule has 2 fully saturated rings. The number of carbonyl (C=O) groups is 1. The number of aromatic nitrogens is 2. The highest BCUT2D eigenvalue weighted by atomic mass is 16.2. The Labute approximate surface area is 172 Å². The molecule has 0 unspecified atom stereocenters. The van der Waals surface area contributed by atoms with Crippen molar-refractivity contribution in [2.75, 3.05) is 68.7 Å². The number of rotatable bonds is 4. The van der Waals surface area contributed by atoms with E-state index in [1.807, 2.05) is 17.0 Å². The second-order valence-electron chi connectivity index (χ2n) is 7.82. The average molecular weight is 395 g/mol. The number of piperazine rings is 2. The first-order valence-electron chi connectivity index (χ1n) is 10.6. The molecule has 154 valence electrons. The molecular weight excluding hydrogens is 364 g/mol. The van der Waals surface area contributed by atoms with Crippen LogP contribution in [0.25, 0.3) is 0 Å². The maximum atomic E-state index is 12.7. The van der Waals surface area contributed by atoms with Gasteiger partial charge in [0.25, 0.3) is 5.91 Å². The quantitative estimate of drug-likeness (QED) is 0.789. The van der Waals surface area contributed by atoms with Crippen LogP contribution >= 0.6 is 0 Å². The second kappa shape index (κ2) is 8.78. The topological polar surface area (TPSA) is 55.8 Å². The van der Waals surface area contributed by atoms with Gasteiger partial charge in [-0.25, -0.2) is 0 Å². The minimum absolute atomic E-state index is 0.0101. The second-order valence-corrected chi connectivity index (χ2v) is 7.82. The van der Waals surface area contributed by atoms with E-state index in [0.29, 0.717) is 5.69 Å². The van der Waals surface area contributed by atoms with Crippen molar-refractivity contribution in [3.63, 3.8) is 0 Å². The first kappa shape index (κ1) is 19.6. The van der Waals surface area contributed by atoms with Crippen molar-refractivity contribution in [1.29, 1.82) is 0 Å². The molecule has 3 heterocycles. The van der Waals surface area contributed by atoms with Gasteiger partial charge < -0.3 is 19.6 Å². The Morgan fingerprint density at radius 3 is 2.24 bits per heavy atom. The van der Waals surface area contributed by atoms with E-state index >= 15 is 0 Å². The summed E-state index contributed by atoms with van der Waals surface area (Å²) in [5.74, 6) is 0.838. The van der Waals surface area contributed by atoms with Crippen molar-refractivity contribution in [2.24, 2.45) is 0 Å². The molecule has 2 aromatic rings. The van der Waals surface area contributed by atoms with Crippen molar-refractivity contribution >= 4 is 17.4 Å². The molecule has 2 aliphatic rings. The number of hydrogen-bond acceptors (Lipinski definition) is 6. The van der Waals surface area contributed by atoms with Crippen molar-refractivity contribution in [1.82, 2.24) is 20.0 Å². The molecule has 0 atom stereocenters. The monoisotopic (exact) mass is 394 g/mol. The van der Waals surface area contributed by atoms with E-state index in [2.05, 4.69) is 63.0 Å². The van der Waals surface area contributed by atoms with Gasteiger partial charge in [-0.1, -0.05) is 19.1 Å². The Balaban J connectivity index is 1.33. The van der Waals surface area contributed by atoms with Crippen molar-refractivity contribution in [3.05, 3.63) is 47.7 Å². The summed E-state index contributed by atoms with van der Waals surface area (Å²) < 4.78 is 0. The fourth-order valence-corrected chi connectivity index (χ4v) is 4.06. The summed E-state index contributed by atoms with van der Waals surface area (Å²) in [6.07, 6.45) is 0. The van der Waals surface area contributed by atoms with Crippen LogP contribution in [0.2, 0.25) is 0 Å². The molecule has 4 rings (SSSR count). The molecule has 0 spiro atoms. The van der Waals surface area contributed by atoms with Gasteiger partial charge in [0.15, 0.2) is 11.5 Å². The number of hydrogen-bond donors (Lipinski definition) is 0. The lowest BCUT2D eigenvalue weighted by Gasteiger charge is -2.36. The molecule has 7 nitrogen and oxygen atoms in total. The number of nitrogens with zero attached hydrogens (tertiary/aromatic N) is 6. The highest BCUT2D eigenvalue weighted by molar-refractivity contribution is 5.92. The number of amides is 1. The molecule has 29 heavy (non-hydrogen) atoms. The molecule has 7 heteroatoms. The Hall–Kier alpha value is -2.67.